The Labute approximate surface area is 196 Å². The summed E-state index contributed by atoms with van der Waals surface area (Å²) in [7, 11) is 0. The van der Waals surface area contributed by atoms with Gasteiger partial charge < -0.3 is 19.5 Å². The van der Waals surface area contributed by atoms with Crippen LogP contribution in [0.5, 0.6) is 5.75 Å². The molecule has 1 atom stereocenters. The van der Waals surface area contributed by atoms with Gasteiger partial charge >= 0.3 is 0 Å². The van der Waals surface area contributed by atoms with Crippen molar-refractivity contribution in [2.45, 2.75) is 31.8 Å². The second-order valence-electron chi connectivity index (χ2n) is 8.24. The van der Waals surface area contributed by atoms with Gasteiger partial charge in [0.25, 0.3) is 5.91 Å². The Kier molecular flexibility index (Phi) is 5.86. The molecule has 2 aliphatic heterocycles. The van der Waals surface area contributed by atoms with Crippen molar-refractivity contribution in [1.29, 1.82) is 0 Å². The van der Waals surface area contributed by atoms with Crippen molar-refractivity contribution in [1.82, 2.24) is 4.98 Å². The van der Waals surface area contributed by atoms with Crippen LogP contribution in [0, 0.1) is 6.92 Å². The standard InChI is InChI=1S/C25H25N3O4S/c1-17-26-20(15-33-17)14-28-22-6-3-2-5-19(22)13-25(24(28)30)16-32-23(27-25)18-7-9-21(10-8-18)31-12-4-11-29/h2-3,5-10,15,29H,4,11-14,16H2,1H3/t25-/m1/s1. The minimum Gasteiger partial charge on any atom is -0.494 e. The van der Waals surface area contributed by atoms with Crippen molar-refractivity contribution < 1.29 is 19.4 Å². The molecule has 0 unspecified atom stereocenters. The Balaban J connectivity index is 1.43. The lowest BCUT2D eigenvalue weighted by Gasteiger charge is -2.37. The van der Waals surface area contributed by atoms with Crippen LogP contribution in [-0.4, -0.2) is 47.3 Å². The van der Waals surface area contributed by atoms with Gasteiger partial charge in [0.1, 0.15) is 12.4 Å². The maximum atomic E-state index is 13.8. The molecule has 1 amide bonds. The molecule has 2 aromatic carbocycles. The van der Waals surface area contributed by atoms with Crippen LogP contribution in [0.15, 0.2) is 58.9 Å². The minimum atomic E-state index is -0.981. The molecule has 0 bridgehead atoms. The van der Waals surface area contributed by atoms with Crippen molar-refractivity contribution in [2.24, 2.45) is 4.99 Å². The number of anilines is 1. The number of ether oxygens (including phenoxy) is 2. The van der Waals surface area contributed by atoms with Crippen molar-refractivity contribution >= 4 is 28.8 Å². The largest absolute Gasteiger partial charge is 0.494 e. The molecule has 5 rings (SSSR count). The summed E-state index contributed by atoms with van der Waals surface area (Å²) >= 11 is 1.58. The predicted molar refractivity (Wildman–Crippen MR) is 127 cm³/mol. The average Bonchev–Trinajstić information content (AvgIpc) is 3.44. The van der Waals surface area contributed by atoms with Crippen LogP contribution in [0.1, 0.15) is 28.2 Å². The fourth-order valence-corrected chi connectivity index (χ4v) is 4.82. The number of thiazole rings is 1. The first-order chi connectivity index (χ1) is 16.1. The van der Waals surface area contributed by atoms with Gasteiger partial charge in [-0.05, 0) is 42.8 Å². The average molecular weight is 464 g/mol. The van der Waals surface area contributed by atoms with Gasteiger partial charge in [-0.1, -0.05) is 18.2 Å². The molecule has 1 spiro atoms. The highest BCUT2D eigenvalue weighted by Crippen LogP contribution is 2.38. The number of carbonyl (C=O) groups is 1. The molecular weight excluding hydrogens is 438 g/mol. The molecule has 0 saturated carbocycles. The van der Waals surface area contributed by atoms with E-state index in [4.69, 9.17) is 19.6 Å². The zero-order chi connectivity index (χ0) is 22.8. The molecule has 0 aliphatic carbocycles. The van der Waals surface area contributed by atoms with Crippen LogP contribution in [0.2, 0.25) is 0 Å². The number of hydrogen-bond acceptors (Lipinski definition) is 7. The molecule has 170 valence electrons. The topological polar surface area (TPSA) is 84.3 Å². The van der Waals surface area contributed by atoms with E-state index >= 15 is 0 Å². The van der Waals surface area contributed by atoms with Gasteiger partial charge in [0.05, 0.1) is 23.9 Å². The third-order valence-corrected chi connectivity index (χ3v) is 6.65. The Bertz CT molecular complexity index is 1190. The zero-order valence-electron chi connectivity index (χ0n) is 18.4. The number of hydrogen-bond donors (Lipinski definition) is 1. The third kappa shape index (κ3) is 4.24. The fraction of sp³-hybridized carbons (Fsp3) is 0.320. The van der Waals surface area contributed by atoms with Gasteiger partial charge in [-0.25, -0.2) is 9.98 Å². The monoisotopic (exact) mass is 463 g/mol. The summed E-state index contributed by atoms with van der Waals surface area (Å²) in [5.41, 5.74) is 2.68. The fourth-order valence-electron chi connectivity index (χ4n) is 4.22. The molecule has 33 heavy (non-hydrogen) atoms. The summed E-state index contributed by atoms with van der Waals surface area (Å²) in [5.74, 6) is 1.12. The lowest BCUT2D eigenvalue weighted by Crippen LogP contribution is -2.53. The highest BCUT2D eigenvalue weighted by molar-refractivity contribution is 7.09. The first kappa shape index (κ1) is 21.6. The number of aliphatic hydroxyl groups is 1. The van der Waals surface area contributed by atoms with E-state index in [9.17, 15) is 4.79 Å². The molecular formula is C25H25N3O4S. The van der Waals surface area contributed by atoms with Crippen molar-refractivity contribution in [3.63, 3.8) is 0 Å². The summed E-state index contributed by atoms with van der Waals surface area (Å²) in [6.45, 7) is 3.13. The predicted octanol–water partition coefficient (Wildman–Crippen LogP) is 3.52. The highest BCUT2D eigenvalue weighted by atomic mass is 32.1. The molecule has 3 heterocycles. The van der Waals surface area contributed by atoms with E-state index in [0.717, 1.165) is 27.5 Å². The molecule has 8 heteroatoms. The summed E-state index contributed by atoms with van der Waals surface area (Å²) in [6.07, 6.45) is 1.08. The number of nitrogens with zero attached hydrogens (tertiary/aromatic N) is 3. The van der Waals surface area contributed by atoms with Crippen LogP contribution in [0.4, 0.5) is 5.69 Å². The van der Waals surface area contributed by atoms with Crippen LogP contribution >= 0.6 is 11.3 Å². The zero-order valence-corrected chi connectivity index (χ0v) is 19.2. The van der Waals surface area contributed by atoms with Crippen LogP contribution in [0.3, 0.4) is 0 Å². The van der Waals surface area contributed by atoms with Crippen molar-refractivity contribution in [3.05, 3.63) is 75.7 Å². The number of carbonyl (C=O) groups excluding carboxylic acids is 1. The molecule has 0 saturated heterocycles. The second-order valence-corrected chi connectivity index (χ2v) is 9.30. The number of aliphatic imine (C=N–C) groups is 1. The summed E-state index contributed by atoms with van der Waals surface area (Å²) in [4.78, 5) is 25.0. The SMILES string of the molecule is Cc1nc(CN2C(=O)[C@]3(COC(c4ccc(OCCCO)cc4)=N3)Cc3ccccc32)cs1. The van der Waals surface area contributed by atoms with Crippen molar-refractivity contribution in [3.8, 4) is 5.75 Å². The maximum absolute atomic E-state index is 13.8. The Morgan fingerprint density at radius 3 is 2.79 bits per heavy atom. The van der Waals surface area contributed by atoms with E-state index in [0.29, 0.717) is 37.6 Å². The number of para-hydroxylation sites is 1. The normalized spacial score (nSPS) is 19.4. The van der Waals surface area contributed by atoms with Gasteiger partial charge in [0.15, 0.2) is 5.54 Å². The van der Waals surface area contributed by atoms with E-state index in [1.54, 1.807) is 16.2 Å². The minimum absolute atomic E-state index is 0.0641. The van der Waals surface area contributed by atoms with Gasteiger partial charge in [-0.2, -0.15) is 0 Å². The Morgan fingerprint density at radius 1 is 1.21 bits per heavy atom. The molecule has 2 aliphatic rings. The van der Waals surface area contributed by atoms with Gasteiger partial charge in [0, 0.05) is 36.1 Å². The summed E-state index contributed by atoms with van der Waals surface area (Å²) in [5, 5.41) is 11.9. The molecule has 1 aromatic heterocycles. The number of aryl methyl sites for hydroxylation is 1. The number of aliphatic hydroxyl groups excluding tert-OH is 1. The van der Waals surface area contributed by atoms with E-state index < -0.39 is 5.54 Å². The number of amides is 1. The first-order valence-corrected chi connectivity index (χ1v) is 11.8. The Hall–Kier alpha value is -3.23. The molecule has 7 nitrogen and oxygen atoms in total. The first-order valence-electron chi connectivity index (χ1n) is 11.0. The molecule has 0 fully saturated rings. The van der Waals surface area contributed by atoms with E-state index in [1.807, 2.05) is 54.8 Å². The third-order valence-electron chi connectivity index (χ3n) is 5.83. The van der Waals surface area contributed by atoms with Crippen LogP contribution in [0.25, 0.3) is 0 Å². The smallest absolute Gasteiger partial charge is 0.259 e. The number of rotatable bonds is 7. The van der Waals surface area contributed by atoms with Crippen molar-refractivity contribution in [2.75, 3.05) is 24.7 Å². The molecule has 0 radical (unpaired) electrons. The summed E-state index contributed by atoms with van der Waals surface area (Å²) < 4.78 is 11.6. The van der Waals surface area contributed by atoms with E-state index in [1.165, 1.54) is 0 Å². The van der Waals surface area contributed by atoms with Gasteiger partial charge in [-0.3, -0.25) is 4.79 Å². The molecule has 3 aromatic rings. The molecule has 1 N–H and O–H groups in total. The lowest BCUT2D eigenvalue weighted by molar-refractivity contribution is -0.124. The quantitative estimate of drug-likeness (QED) is 0.542. The van der Waals surface area contributed by atoms with E-state index in [-0.39, 0.29) is 19.1 Å². The summed E-state index contributed by atoms with van der Waals surface area (Å²) in [6, 6.07) is 15.4. The van der Waals surface area contributed by atoms with Gasteiger partial charge in [0.2, 0.25) is 5.90 Å². The number of benzene rings is 2. The van der Waals surface area contributed by atoms with Gasteiger partial charge in [-0.15, -0.1) is 11.3 Å². The Morgan fingerprint density at radius 2 is 2.03 bits per heavy atom. The maximum Gasteiger partial charge on any atom is 0.259 e. The second kappa shape index (κ2) is 8.96. The lowest BCUT2D eigenvalue weighted by atomic mass is 9.85. The van der Waals surface area contributed by atoms with Crippen LogP contribution in [-0.2, 0) is 22.5 Å². The van der Waals surface area contributed by atoms with E-state index in [2.05, 4.69) is 11.1 Å². The highest BCUT2D eigenvalue weighted by Gasteiger charge is 2.50. The number of aromatic nitrogens is 1. The van der Waals surface area contributed by atoms with Crippen LogP contribution < -0.4 is 9.64 Å². The number of fused-ring (bicyclic) bond motifs is 1.